The average molecular weight is 306 g/mol. The van der Waals surface area contributed by atoms with Crippen LogP contribution in [0.25, 0.3) is 10.9 Å². The summed E-state index contributed by atoms with van der Waals surface area (Å²) < 4.78 is 13.4. The maximum atomic E-state index is 13.4. The summed E-state index contributed by atoms with van der Waals surface area (Å²) in [5, 5.41) is 12.9. The molecule has 0 aliphatic heterocycles. The molecule has 4 nitrogen and oxygen atoms in total. The fourth-order valence-corrected chi connectivity index (χ4v) is 2.77. The number of hydrogen-bond acceptors (Lipinski definition) is 2. The third-order valence-electron chi connectivity index (χ3n) is 3.76. The van der Waals surface area contributed by atoms with E-state index in [1.807, 2.05) is 20.8 Å². The van der Waals surface area contributed by atoms with Crippen LogP contribution in [0.4, 0.5) is 4.39 Å². The van der Waals surface area contributed by atoms with Crippen LogP contribution < -0.4 is 5.32 Å². The second-order valence-corrected chi connectivity index (χ2v) is 6.17. The number of aromatic nitrogens is 1. The van der Waals surface area contributed by atoms with Crippen molar-refractivity contribution in [3.05, 3.63) is 35.3 Å². The van der Waals surface area contributed by atoms with Gasteiger partial charge < -0.3 is 15.4 Å². The molecule has 0 saturated carbocycles. The quantitative estimate of drug-likeness (QED) is 0.768. The molecule has 120 valence electrons. The molecule has 0 spiro atoms. The maximum absolute atomic E-state index is 13.4. The van der Waals surface area contributed by atoms with Gasteiger partial charge in [-0.05, 0) is 43.0 Å². The molecule has 1 aromatic carbocycles. The van der Waals surface area contributed by atoms with Crippen molar-refractivity contribution in [2.24, 2.45) is 5.92 Å². The summed E-state index contributed by atoms with van der Waals surface area (Å²) in [6, 6.07) is 4.27. The predicted octanol–water partition coefficient (Wildman–Crippen LogP) is 2.68. The number of aliphatic hydroxyl groups excluding tert-OH is 1. The highest BCUT2D eigenvalue weighted by Crippen LogP contribution is 2.23. The highest BCUT2D eigenvalue weighted by Gasteiger charge is 2.17. The van der Waals surface area contributed by atoms with Gasteiger partial charge in [0.2, 0.25) is 5.91 Å². The molecule has 0 aliphatic rings. The number of H-pyrrole nitrogens is 1. The Kier molecular flexibility index (Phi) is 5.19. The third kappa shape index (κ3) is 3.85. The minimum absolute atomic E-state index is 0.0780. The van der Waals surface area contributed by atoms with Crippen LogP contribution in [0.3, 0.4) is 0 Å². The molecule has 1 aromatic heterocycles. The van der Waals surface area contributed by atoms with Crippen LogP contribution in [0, 0.1) is 18.7 Å². The number of aromatic amines is 1. The zero-order valence-electron chi connectivity index (χ0n) is 13.2. The number of aryl methyl sites for hydroxylation is 1. The number of carbonyl (C=O) groups excluding carboxylic acids is 1. The van der Waals surface area contributed by atoms with Crippen molar-refractivity contribution in [3.63, 3.8) is 0 Å². The SMILES string of the molecule is Cc1[nH]c2ccc(F)cc2c1CC(=O)NC(CO)CC(C)C. The zero-order valence-corrected chi connectivity index (χ0v) is 13.2. The molecule has 0 bridgehead atoms. The van der Waals surface area contributed by atoms with E-state index in [4.69, 9.17) is 0 Å². The standard InChI is InChI=1S/C17H23FN2O2/c1-10(2)6-13(9-21)20-17(22)8-14-11(3)19-16-5-4-12(18)7-15(14)16/h4-5,7,10,13,19,21H,6,8-9H2,1-3H3,(H,20,22). The fourth-order valence-electron chi connectivity index (χ4n) is 2.77. The molecule has 0 saturated heterocycles. The van der Waals surface area contributed by atoms with Gasteiger partial charge in [0.1, 0.15) is 5.82 Å². The molecule has 0 aliphatic carbocycles. The van der Waals surface area contributed by atoms with Crippen LogP contribution in [0.5, 0.6) is 0 Å². The maximum Gasteiger partial charge on any atom is 0.224 e. The van der Waals surface area contributed by atoms with Crippen LogP contribution >= 0.6 is 0 Å². The monoisotopic (exact) mass is 306 g/mol. The molecular formula is C17H23FN2O2. The first-order chi connectivity index (χ1) is 10.4. The summed E-state index contributed by atoms with van der Waals surface area (Å²) in [6.45, 7) is 5.88. The lowest BCUT2D eigenvalue weighted by molar-refractivity contribution is -0.121. The Hall–Kier alpha value is -1.88. The Balaban J connectivity index is 2.14. The number of benzene rings is 1. The van der Waals surface area contributed by atoms with E-state index in [0.29, 0.717) is 5.92 Å². The van der Waals surface area contributed by atoms with Gasteiger partial charge in [0.25, 0.3) is 0 Å². The van der Waals surface area contributed by atoms with Gasteiger partial charge in [0, 0.05) is 16.6 Å². The Bertz CT molecular complexity index is 664. The van der Waals surface area contributed by atoms with E-state index in [2.05, 4.69) is 10.3 Å². The predicted molar refractivity (Wildman–Crippen MR) is 85.2 cm³/mol. The number of amides is 1. The van der Waals surface area contributed by atoms with Crippen LogP contribution in [-0.4, -0.2) is 28.6 Å². The summed E-state index contributed by atoms with van der Waals surface area (Å²) in [5.41, 5.74) is 2.48. The fraction of sp³-hybridized carbons (Fsp3) is 0.471. The van der Waals surface area contributed by atoms with Crippen molar-refractivity contribution >= 4 is 16.8 Å². The first kappa shape index (κ1) is 16.5. The number of halogens is 1. The van der Waals surface area contributed by atoms with Crippen molar-refractivity contribution in [3.8, 4) is 0 Å². The minimum Gasteiger partial charge on any atom is -0.394 e. The van der Waals surface area contributed by atoms with Gasteiger partial charge in [-0.25, -0.2) is 4.39 Å². The average Bonchev–Trinajstić information content (AvgIpc) is 2.73. The molecule has 1 heterocycles. The summed E-state index contributed by atoms with van der Waals surface area (Å²) >= 11 is 0. The molecule has 3 N–H and O–H groups in total. The first-order valence-electron chi connectivity index (χ1n) is 7.57. The van der Waals surface area contributed by atoms with E-state index in [9.17, 15) is 14.3 Å². The smallest absolute Gasteiger partial charge is 0.224 e. The second kappa shape index (κ2) is 6.92. The molecule has 0 fully saturated rings. The van der Waals surface area contributed by atoms with Gasteiger partial charge in [-0.1, -0.05) is 13.8 Å². The molecule has 0 radical (unpaired) electrons. The second-order valence-electron chi connectivity index (χ2n) is 6.17. The highest BCUT2D eigenvalue weighted by atomic mass is 19.1. The molecule has 5 heteroatoms. The summed E-state index contributed by atoms with van der Waals surface area (Å²) in [6.07, 6.45) is 0.896. The topological polar surface area (TPSA) is 65.1 Å². The van der Waals surface area contributed by atoms with Crippen molar-refractivity contribution in [1.82, 2.24) is 10.3 Å². The zero-order chi connectivity index (χ0) is 16.3. The van der Waals surface area contributed by atoms with Gasteiger partial charge in [-0.2, -0.15) is 0 Å². The summed E-state index contributed by atoms with van der Waals surface area (Å²) in [7, 11) is 0. The summed E-state index contributed by atoms with van der Waals surface area (Å²) in [5.74, 6) is -0.0875. The number of rotatable bonds is 6. The van der Waals surface area contributed by atoms with Gasteiger partial charge >= 0.3 is 0 Å². The molecular weight excluding hydrogens is 283 g/mol. The van der Waals surface area contributed by atoms with E-state index in [-0.39, 0.29) is 30.8 Å². The number of nitrogens with one attached hydrogen (secondary N) is 2. The van der Waals surface area contributed by atoms with Gasteiger partial charge in [0.15, 0.2) is 0 Å². The lowest BCUT2D eigenvalue weighted by atomic mass is 10.0. The molecule has 22 heavy (non-hydrogen) atoms. The third-order valence-corrected chi connectivity index (χ3v) is 3.76. The Morgan fingerprint density at radius 2 is 2.14 bits per heavy atom. The van der Waals surface area contributed by atoms with E-state index >= 15 is 0 Å². The number of fused-ring (bicyclic) bond motifs is 1. The largest absolute Gasteiger partial charge is 0.394 e. The van der Waals surface area contributed by atoms with E-state index < -0.39 is 0 Å². The van der Waals surface area contributed by atoms with Crippen LogP contribution in [0.15, 0.2) is 18.2 Å². The van der Waals surface area contributed by atoms with Gasteiger partial charge in [-0.15, -0.1) is 0 Å². The van der Waals surface area contributed by atoms with E-state index in [1.165, 1.54) is 12.1 Å². The molecule has 1 unspecified atom stereocenters. The number of carbonyl (C=O) groups is 1. The number of aliphatic hydroxyl groups is 1. The van der Waals surface area contributed by atoms with E-state index in [0.717, 1.165) is 28.6 Å². The van der Waals surface area contributed by atoms with Crippen LogP contribution in [0.1, 0.15) is 31.5 Å². The Labute approximate surface area is 129 Å². The van der Waals surface area contributed by atoms with Crippen molar-refractivity contribution in [1.29, 1.82) is 0 Å². The normalized spacial score (nSPS) is 12.8. The Morgan fingerprint density at radius 1 is 1.41 bits per heavy atom. The molecule has 1 amide bonds. The first-order valence-corrected chi connectivity index (χ1v) is 7.57. The molecule has 2 rings (SSSR count). The lowest BCUT2D eigenvalue weighted by Crippen LogP contribution is -2.39. The van der Waals surface area contributed by atoms with Crippen LogP contribution in [-0.2, 0) is 11.2 Å². The number of hydrogen-bond donors (Lipinski definition) is 3. The lowest BCUT2D eigenvalue weighted by Gasteiger charge is -2.18. The minimum atomic E-state index is -0.318. The molecule has 2 aromatic rings. The highest BCUT2D eigenvalue weighted by molar-refractivity contribution is 5.90. The Morgan fingerprint density at radius 3 is 2.77 bits per heavy atom. The molecule has 1 atom stereocenters. The van der Waals surface area contributed by atoms with Crippen molar-refractivity contribution in [2.45, 2.75) is 39.7 Å². The van der Waals surface area contributed by atoms with Crippen molar-refractivity contribution < 1.29 is 14.3 Å². The van der Waals surface area contributed by atoms with Crippen molar-refractivity contribution in [2.75, 3.05) is 6.61 Å². The van der Waals surface area contributed by atoms with Gasteiger partial charge in [0.05, 0.1) is 19.1 Å². The van der Waals surface area contributed by atoms with E-state index in [1.54, 1.807) is 6.07 Å². The van der Waals surface area contributed by atoms with Gasteiger partial charge in [-0.3, -0.25) is 4.79 Å². The summed E-state index contributed by atoms with van der Waals surface area (Å²) in [4.78, 5) is 15.4. The van der Waals surface area contributed by atoms with Crippen LogP contribution in [0.2, 0.25) is 0 Å².